The SMILES string of the molecule is CCN(C(=O)c1ccccc1)c1cccs1. The van der Waals surface area contributed by atoms with Crippen molar-refractivity contribution in [2.24, 2.45) is 0 Å². The van der Waals surface area contributed by atoms with Crippen LogP contribution in [0.25, 0.3) is 0 Å². The second kappa shape index (κ2) is 4.94. The van der Waals surface area contributed by atoms with E-state index in [2.05, 4.69) is 0 Å². The average Bonchev–Trinajstić information content (AvgIpc) is 2.85. The molecule has 0 aliphatic rings. The van der Waals surface area contributed by atoms with Crippen LogP contribution in [0.15, 0.2) is 47.8 Å². The summed E-state index contributed by atoms with van der Waals surface area (Å²) in [5.74, 6) is 0.0607. The molecule has 1 aromatic heterocycles. The molecule has 0 saturated carbocycles. The number of benzene rings is 1. The van der Waals surface area contributed by atoms with Crippen LogP contribution in [0.3, 0.4) is 0 Å². The van der Waals surface area contributed by atoms with Crippen molar-refractivity contribution in [2.45, 2.75) is 6.92 Å². The standard InChI is InChI=1S/C13H13NOS/c1-2-14(12-9-6-10-16-12)13(15)11-7-4-3-5-8-11/h3-10H,2H2,1H3. The highest BCUT2D eigenvalue weighted by molar-refractivity contribution is 7.14. The zero-order chi connectivity index (χ0) is 11.4. The predicted octanol–water partition coefficient (Wildman–Crippen LogP) is 3.41. The summed E-state index contributed by atoms with van der Waals surface area (Å²) in [5.41, 5.74) is 0.734. The van der Waals surface area contributed by atoms with Crippen molar-refractivity contribution < 1.29 is 4.79 Å². The van der Waals surface area contributed by atoms with Crippen LogP contribution in [0.1, 0.15) is 17.3 Å². The van der Waals surface area contributed by atoms with Gasteiger partial charge in [0.25, 0.3) is 5.91 Å². The number of hydrogen-bond donors (Lipinski definition) is 0. The predicted molar refractivity (Wildman–Crippen MR) is 68.1 cm³/mol. The molecule has 82 valence electrons. The van der Waals surface area contributed by atoms with E-state index >= 15 is 0 Å². The van der Waals surface area contributed by atoms with Crippen LogP contribution >= 0.6 is 11.3 Å². The number of thiophene rings is 1. The van der Waals surface area contributed by atoms with Crippen LogP contribution in [0.2, 0.25) is 0 Å². The Kier molecular flexibility index (Phi) is 3.37. The Morgan fingerprint density at radius 3 is 2.50 bits per heavy atom. The topological polar surface area (TPSA) is 20.3 Å². The summed E-state index contributed by atoms with van der Waals surface area (Å²) in [5, 5.41) is 2.98. The molecule has 0 N–H and O–H groups in total. The number of hydrogen-bond acceptors (Lipinski definition) is 2. The van der Waals surface area contributed by atoms with Crippen LogP contribution < -0.4 is 4.90 Å². The second-order valence-corrected chi connectivity index (χ2v) is 4.29. The molecule has 1 aromatic carbocycles. The molecule has 0 aliphatic carbocycles. The second-order valence-electron chi connectivity index (χ2n) is 3.37. The third-order valence-corrected chi connectivity index (χ3v) is 3.25. The Morgan fingerprint density at radius 2 is 1.94 bits per heavy atom. The molecule has 0 spiro atoms. The largest absolute Gasteiger partial charge is 0.300 e. The first-order valence-corrected chi connectivity index (χ1v) is 6.11. The van der Waals surface area contributed by atoms with E-state index in [4.69, 9.17) is 0 Å². The van der Waals surface area contributed by atoms with Gasteiger partial charge in [-0.05, 0) is 36.6 Å². The molecule has 0 radical (unpaired) electrons. The molecule has 1 heterocycles. The monoisotopic (exact) mass is 231 g/mol. The smallest absolute Gasteiger partial charge is 0.258 e. The molecule has 1 amide bonds. The van der Waals surface area contributed by atoms with Gasteiger partial charge in [-0.15, -0.1) is 11.3 Å². The maximum absolute atomic E-state index is 12.2. The molecular weight excluding hydrogens is 218 g/mol. The van der Waals surface area contributed by atoms with Gasteiger partial charge in [0, 0.05) is 12.1 Å². The third kappa shape index (κ3) is 2.14. The molecule has 16 heavy (non-hydrogen) atoms. The number of carbonyl (C=O) groups excluding carboxylic acids is 1. The van der Waals surface area contributed by atoms with E-state index in [9.17, 15) is 4.79 Å². The van der Waals surface area contributed by atoms with Gasteiger partial charge >= 0.3 is 0 Å². The van der Waals surface area contributed by atoms with Crippen molar-refractivity contribution in [1.29, 1.82) is 0 Å². The van der Waals surface area contributed by atoms with Gasteiger partial charge in [0.05, 0.1) is 5.00 Å². The van der Waals surface area contributed by atoms with Gasteiger partial charge in [0.1, 0.15) is 0 Å². The number of rotatable bonds is 3. The number of carbonyl (C=O) groups is 1. The van der Waals surface area contributed by atoms with Gasteiger partial charge in [-0.3, -0.25) is 9.69 Å². The summed E-state index contributed by atoms with van der Waals surface area (Å²) in [4.78, 5) is 14.0. The minimum Gasteiger partial charge on any atom is -0.300 e. The molecule has 2 aromatic rings. The van der Waals surface area contributed by atoms with E-state index in [0.29, 0.717) is 6.54 Å². The van der Waals surface area contributed by atoms with Crippen LogP contribution in [0.4, 0.5) is 5.00 Å². The van der Waals surface area contributed by atoms with Gasteiger partial charge in [-0.2, -0.15) is 0 Å². The molecule has 0 saturated heterocycles. The molecule has 0 atom stereocenters. The first-order chi connectivity index (χ1) is 7.83. The van der Waals surface area contributed by atoms with Crippen LogP contribution in [0.5, 0.6) is 0 Å². The third-order valence-electron chi connectivity index (χ3n) is 2.35. The van der Waals surface area contributed by atoms with Gasteiger partial charge < -0.3 is 0 Å². The molecule has 0 bridgehead atoms. The van der Waals surface area contributed by atoms with Crippen LogP contribution in [-0.4, -0.2) is 12.5 Å². The van der Waals surface area contributed by atoms with Crippen molar-refractivity contribution in [2.75, 3.05) is 11.4 Å². The first kappa shape index (κ1) is 10.9. The highest BCUT2D eigenvalue weighted by atomic mass is 32.1. The summed E-state index contributed by atoms with van der Waals surface area (Å²) in [6, 6.07) is 13.3. The Bertz CT molecular complexity index is 450. The lowest BCUT2D eigenvalue weighted by molar-refractivity contribution is 0.0989. The Labute approximate surface area is 99.1 Å². The van der Waals surface area contributed by atoms with Crippen LogP contribution in [0, 0.1) is 0 Å². The van der Waals surface area contributed by atoms with Gasteiger partial charge in [-0.25, -0.2) is 0 Å². The van der Waals surface area contributed by atoms with Crippen LogP contribution in [-0.2, 0) is 0 Å². The summed E-state index contributed by atoms with van der Waals surface area (Å²) in [6.45, 7) is 2.68. The van der Waals surface area contributed by atoms with E-state index in [1.165, 1.54) is 0 Å². The fourth-order valence-corrected chi connectivity index (χ4v) is 2.35. The normalized spacial score (nSPS) is 10.1. The lowest BCUT2D eigenvalue weighted by atomic mass is 10.2. The molecule has 2 rings (SSSR count). The summed E-state index contributed by atoms with van der Waals surface area (Å²) in [6.07, 6.45) is 0. The summed E-state index contributed by atoms with van der Waals surface area (Å²) >= 11 is 1.58. The van der Waals surface area contributed by atoms with Crippen molar-refractivity contribution in [3.8, 4) is 0 Å². The maximum atomic E-state index is 12.2. The van der Waals surface area contributed by atoms with E-state index < -0.39 is 0 Å². The average molecular weight is 231 g/mol. The van der Waals surface area contributed by atoms with E-state index in [1.54, 1.807) is 16.2 Å². The highest BCUT2D eigenvalue weighted by Gasteiger charge is 2.15. The van der Waals surface area contributed by atoms with Gasteiger partial charge in [0.2, 0.25) is 0 Å². The minimum absolute atomic E-state index is 0.0607. The van der Waals surface area contributed by atoms with Crippen molar-refractivity contribution in [1.82, 2.24) is 0 Å². The zero-order valence-electron chi connectivity index (χ0n) is 9.09. The lowest BCUT2D eigenvalue weighted by Gasteiger charge is -2.18. The Balaban J connectivity index is 2.27. The molecule has 0 fully saturated rings. The first-order valence-electron chi connectivity index (χ1n) is 5.23. The molecule has 3 heteroatoms. The van der Waals surface area contributed by atoms with Crippen molar-refractivity contribution in [3.05, 3.63) is 53.4 Å². The minimum atomic E-state index is 0.0607. The lowest BCUT2D eigenvalue weighted by Crippen LogP contribution is -2.29. The molecule has 2 nitrogen and oxygen atoms in total. The Morgan fingerprint density at radius 1 is 1.19 bits per heavy atom. The fraction of sp³-hybridized carbons (Fsp3) is 0.154. The summed E-state index contributed by atoms with van der Waals surface area (Å²) in [7, 11) is 0. The molecule has 0 unspecified atom stereocenters. The van der Waals surface area contributed by atoms with Gasteiger partial charge in [0.15, 0.2) is 0 Å². The maximum Gasteiger partial charge on any atom is 0.258 e. The number of anilines is 1. The highest BCUT2D eigenvalue weighted by Crippen LogP contribution is 2.22. The molecule has 0 aliphatic heterocycles. The fourth-order valence-electron chi connectivity index (χ4n) is 1.56. The van der Waals surface area contributed by atoms with Crippen molar-refractivity contribution in [3.63, 3.8) is 0 Å². The van der Waals surface area contributed by atoms with E-state index in [1.807, 2.05) is 54.8 Å². The van der Waals surface area contributed by atoms with E-state index in [0.717, 1.165) is 10.6 Å². The van der Waals surface area contributed by atoms with Crippen molar-refractivity contribution >= 4 is 22.2 Å². The number of nitrogens with zero attached hydrogens (tertiary/aromatic N) is 1. The number of amides is 1. The Hall–Kier alpha value is -1.61. The zero-order valence-corrected chi connectivity index (χ0v) is 9.91. The van der Waals surface area contributed by atoms with Gasteiger partial charge in [-0.1, -0.05) is 18.2 Å². The quantitative estimate of drug-likeness (QED) is 0.792. The molecular formula is C13H13NOS. The summed E-state index contributed by atoms with van der Waals surface area (Å²) < 4.78 is 0. The van der Waals surface area contributed by atoms with E-state index in [-0.39, 0.29) is 5.91 Å².